The van der Waals surface area contributed by atoms with Gasteiger partial charge in [-0.3, -0.25) is 4.99 Å². The molecule has 0 spiro atoms. The Morgan fingerprint density at radius 1 is 1.09 bits per heavy atom. The van der Waals surface area contributed by atoms with Gasteiger partial charge in [0.2, 0.25) is 0 Å². The molecule has 0 atom stereocenters. The molecule has 33 heavy (non-hydrogen) atoms. The summed E-state index contributed by atoms with van der Waals surface area (Å²) in [6, 6.07) is 17.5. The van der Waals surface area contributed by atoms with Crippen molar-refractivity contribution in [3.63, 3.8) is 0 Å². The average molecular weight is 452 g/mol. The van der Waals surface area contributed by atoms with E-state index in [2.05, 4.69) is 80.4 Å². The highest BCUT2D eigenvalue weighted by Crippen LogP contribution is 2.29. The first-order valence-electron chi connectivity index (χ1n) is 11.2. The first-order chi connectivity index (χ1) is 15.8. The van der Waals surface area contributed by atoms with E-state index in [0.717, 1.165) is 44.9 Å². The number of nitriles is 1. The molecule has 0 N–H and O–H groups in total. The van der Waals surface area contributed by atoms with Crippen molar-refractivity contribution in [2.24, 2.45) is 4.99 Å². The molecule has 0 fully saturated rings. The predicted molar refractivity (Wildman–Crippen MR) is 138 cm³/mol. The summed E-state index contributed by atoms with van der Waals surface area (Å²) in [4.78, 5) is 9.41. The van der Waals surface area contributed by atoms with Gasteiger partial charge < -0.3 is 0 Å². The highest BCUT2D eigenvalue weighted by Gasteiger charge is 2.17. The van der Waals surface area contributed by atoms with Gasteiger partial charge >= 0.3 is 0 Å². The second kappa shape index (κ2) is 9.37. The number of fused-ring (bicyclic) bond motifs is 1. The number of hydrogen-bond acceptors (Lipinski definition) is 4. The lowest BCUT2D eigenvalue weighted by Gasteiger charge is -2.20. The third kappa shape index (κ3) is 5.10. The minimum absolute atomic E-state index is 0.0488. The van der Waals surface area contributed by atoms with Gasteiger partial charge in [0, 0.05) is 23.2 Å². The van der Waals surface area contributed by atoms with E-state index in [4.69, 9.17) is 4.99 Å². The standard InChI is InChI=1S/C29H29N3S/c1-19-13-20(2)32-28(26(19)17-30)33-18-21-9-8-11-22(14-21)25-16-24(29(3,4)5)15-23-10-6-7-12-31-27(23)25/h7-16H,6,18H2,1-5H3. The molecule has 0 aliphatic carbocycles. The smallest absolute Gasteiger partial charge is 0.115 e. The van der Waals surface area contributed by atoms with E-state index in [9.17, 15) is 5.26 Å². The van der Waals surface area contributed by atoms with Crippen molar-refractivity contribution in [2.75, 3.05) is 0 Å². The summed E-state index contributed by atoms with van der Waals surface area (Å²) in [5.74, 6) is 0.753. The summed E-state index contributed by atoms with van der Waals surface area (Å²) in [6.07, 6.45) is 7.16. The Morgan fingerprint density at radius 3 is 2.67 bits per heavy atom. The van der Waals surface area contributed by atoms with Crippen LogP contribution in [-0.2, 0) is 11.2 Å². The van der Waals surface area contributed by atoms with Gasteiger partial charge in [0.05, 0.1) is 10.9 Å². The van der Waals surface area contributed by atoms with Crippen LogP contribution in [0.15, 0.2) is 64.8 Å². The fourth-order valence-corrected chi connectivity index (χ4v) is 5.06. The van der Waals surface area contributed by atoms with Gasteiger partial charge in [-0.1, -0.05) is 57.2 Å². The molecule has 0 unspecified atom stereocenters. The Hall–Kier alpha value is -3.16. The van der Waals surface area contributed by atoms with Crippen LogP contribution in [0, 0.1) is 25.2 Å². The number of aryl methyl sites for hydroxylation is 2. The molecule has 1 aliphatic heterocycles. The first-order valence-corrected chi connectivity index (χ1v) is 12.2. The van der Waals surface area contributed by atoms with Crippen molar-refractivity contribution in [2.45, 2.75) is 57.2 Å². The minimum Gasteiger partial charge on any atom is -0.256 e. The van der Waals surface area contributed by atoms with Crippen LogP contribution in [0.3, 0.4) is 0 Å². The molecule has 0 saturated carbocycles. The molecule has 1 aromatic heterocycles. The van der Waals surface area contributed by atoms with Crippen LogP contribution < -0.4 is 10.6 Å². The average Bonchev–Trinajstić information content (AvgIpc) is 3.02. The Labute approximate surface area is 200 Å². The summed E-state index contributed by atoms with van der Waals surface area (Å²) in [5.41, 5.74) is 7.47. The van der Waals surface area contributed by atoms with E-state index in [-0.39, 0.29) is 5.41 Å². The maximum atomic E-state index is 9.59. The van der Waals surface area contributed by atoms with E-state index in [1.807, 2.05) is 26.1 Å². The van der Waals surface area contributed by atoms with Crippen molar-refractivity contribution >= 4 is 17.8 Å². The number of aromatic nitrogens is 1. The van der Waals surface area contributed by atoms with Crippen LogP contribution in [0.25, 0.3) is 17.2 Å². The largest absolute Gasteiger partial charge is 0.256 e. The Morgan fingerprint density at radius 2 is 1.91 bits per heavy atom. The zero-order chi connectivity index (χ0) is 23.6. The van der Waals surface area contributed by atoms with Crippen LogP contribution in [0.5, 0.6) is 0 Å². The van der Waals surface area contributed by atoms with Gasteiger partial charge in [0.25, 0.3) is 0 Å². The number of rotatable bonds is 4. The highest BCUT2D eigenvalue weighted by atomic mass is 32.2. The van der Waals surface area contributed by atoms with E-state index < -0.39 is 0 Å². The number of pyridine rings is 1. The molecular weight excluding hydrogens is 422 g/mol. The van der Waals surface area contributed by atoms with Gasteiger partial charge in [0.15, 0.2) is 0 Å². The maximum absolute atomic E-state index is 9.59. The van der Waals surface area contributed by atoms with Crippen molar-refractivity contribution in [1.29, 1.82) is 5.26 Å². The van der Waals surface area contributed by atoms with Crippen molar-refractivity contribution in [3.8, 4) is 17.2 Å². The molecule has 166 valence electrons. The summed E-state index contributed by atoms with van der Waals surface area (Å²) in [6.45, 7) is 10.7. The van der Waals surface area contributed by atoms with Crippen molar-refractivity contribution in [3.05, 3.63) is 93.3 Å². The van der Waals surface area contributed by atoms with E-state index in [1.54, 1.807) is 11.8 Å². The molecular formula is C29H29N3S. The Balaban J connectivity index is 1.75. The summed E-state index contributed by atoms with van der Waals surface area (Å²) < 4.78 is 0. The molecule has 4 heteroatoms. The van der Waals surface area contributed by atoms with Gasteiger partial charge in [-0.2, -0.15) is 5.26 Å². The molecule has 2 heterocycles. The number of hydrogen-bond donors (Lipinski definition) is 0. The van der Waals surface area contributed by atoms with Gasteiger partial charge in [-0.25, -0.2) is 4.98 Å². The molecule has 0 saturated heterocycles. The SMILES string of the molecule is Cc1cc(C)c(C#N)c(SCc2cccc(-c3cc(C(C)(C)C)cc4c3=NC=CCC=4)c2)n1. The minimum atomic E-state index is 0.0488. The monoisotopic (exact) mass is 451 g/mol. The molecule has 0 radical (unpaired) electrons. The highest BCUT2D eigenvalue weighted by molar-refractivity contribution is 7.98. The predicted octanol–water partition coefficient (Wildman–Crippen LogP) is 6.14. The molecule has 4 rings (SSSR count). The lowest BCUT2D eigenvalue weighted by molar-refractivity contribution is 0.589. The number of allylic oxidation sites excluding steroid dienone is 1. The molecule has 3 aromatic rings. The van der Waals surface area contributed by atoms with E-state index in [0.29, 0.717) is 5.56 Å². The van der Waals surface area contributed by atoms with Crippen LogP contribution >= 0.6 is 11.8 Å². The fourth-order valence-electron chi connectivity index (χ4n) is 4.02. The van der Waals surface area contributed by atoms with Gasteiger partial charge in [0.1, 0.15) is 11.1 Å². The zero-order valence-corrected chi connectivity index (χ0v) is 20.8. The van der Waals surface area contributed by atoms with Crippen molar-refractivity contribution in [1.82, 2.24) is 4.98 Å². The topological polar surface area (TPSA) is 49.0 Å². The summed E-state index contributed by atoms with van der Waals surface area (Å²) in [5, 5.41) is 12.6. The normalized spacial score (nSPS) is 12.8. The summed E-state index contributed by atoms with van der Waals surface area (Å²) in [7, 11) is 0. The van der Waals surface area contributed by atoms with Crippen LogP contribution in [0.4, 0.5) is 0 Å². The van der Waals surface area contributed by atoms with Crippen molar-refractivity contribution < 1.29 is 0 Å². The van der Waals surface area contributed by atoms with Gasteiger partial charge in [-0.15, -0.1) is 11.8 Å². The molecule has 2 aromatic carbocycles. The molecule has 3 nitrogen and oxygen atoms in total. The van der Waals surface area contributed by atoms with Gasteiger partial charge in [-0.05, 0) is 71.4 Å². The maximum Gasteiger partial charge on any atom is 0.115 e. The fraction of sp³-hybridized carbons (Fsp3) is 0.276. The number of nitrogens with zero attached hydrogens (tertiary/aromatic N) is 3. The second-order valence-electron chi connectivity index (χ2n) is 9.53. The van der Waals surface area contributed by atoms with Crippen LogP contribution in [0.1, 0.15) is 55.1 Å². The van der Waals surface area contributed by atoms with E-state index in [1.165, 1.54) is 16.3 Å². The summed E-state index contributed by atoms with van der Waals surface area (Å²) >= 11 is 1.62. The first kappa shape index (κ1) is 23.0. The molecule has 0 amide bonds. The zero-order valence-electron chi connectivity index (χ0n) is 19.9. The third-order valence-electron chi connectivity index (χ3n) is 5.83. The second-order valence-corrected chi connectivity index (χ2v) is 10.5. The van der Waals surface area contributed by atoms with E-state index >= 15 is 0 Å². The van der Waals surface area contributed by atoms with Crippen LogP contribution in [0.2, 0.25) is 0 Å². The number of thioether (sulfide) groups is 1. The Kier molecular flexibility index (Phi) is 6.54. The number of benzene rings is 2. The molecule has 1 aliphatic rings. The lowest BCUT2D eigenvalue weighted by Crippen LogP contribution is -2.29. The quantitative estimate of drug-likeness (QED) is 0.447. The molecule has 0 bridgehead atoms. The lowest BCUT2D eigenvalue weighted by atomic mass is 9.84. The Bertz CT molecular complexity index is 1400. The third-order valence-corrected chi connectivity index (χ3v) is 6.87. The van der Waals surface area contributed by atoms with Crippen LogP contribution in [-0.4, -0.2) is 4.98 Å².